The molecule has 0 saturated carbocycles. The van der Waals surface area contributed by atoms with Crippen LogP contribution < -0.4 is 10.1 Å². The summed E-state index contributed by atoms with van der Waals surface area (Å²) in [7, 11) is 3.59. The summed E-state index contributed by atoms with van der Waals surface area (Å²) in [6, 6.07) is 15.2. The Bertz CT molecular complexity index is 641. The van der Waals surface area contributed by atoms with Crippen molar-refractivity contribution in [2.24, 2.45) is 0 Å². The first-order valence-electron chi connectivity index (χ1n) is 7.39. The highest BCUT2D eigenvalue weighted by Crippen LogP contribution is 2.16. The van der Waals surface area contributed by atoms with Crippen LogP contribution in [0.2, 0.25) is 0 Å². The lowest BCUT2D eigenvalue weighted by Crippen LogP contribution is -2.39. The van der Waals surface area contributed by atoms with E-state index in [1.165, 1.54) is 0 Å². The number of carbonyl (C=O) groups excluding carboxylic acids is 1. The predicted octanol–water partition coefficient (Wildman–Crippen LogP) is 3.92. The zero-order chi connectivity index (χ0) is 16.8. The van der Waals surface area contributed by atoms with E-state index in [0.29, 0.717) is 6.54 Å². The Morgan fingerprint density at radius 3 is 2.35 bits per heavy atom. The van der Waals surface area contributed by atoms with Gasteiger partial charge in [0.05, 0.1) is 13.2 Å². The third-order valence-corrected chi connectivity index (χ3v) is 4.27. The Labute approximate surface area is 145 Å². The Hall–Kier alpha value is -1.85. The fourth-order valence-electron chi connectivity index (χ4n) is 2.14. The third kappa shape index (κ3) is 5.08. The first kappa shape index (κ1) is 17.5. The first-order chi connectivity index (χ1) is 11.0. The quantitative estimate of drug-likeness (QED) is 0.830. The van der Waals surface area contributed by atoms with Crippen LogP contribution >= 0.6 is 15.9 Å². The van der Waals surface area contributed by atoms with Crippen molar-refractivity contribution >= 4 is 27.5 Å². The summed E-state index contributed by atoms with van der Waals surface area (Å²) < 4.78 is 6.14. The molecule has 23 heavy (non-hydrogen) atoms. The standard InChI is InChI=1S/C18H21BrN2O2/c1-13(18(22)20-16-8-6-15(19)7-9-16)21(2)12-14-4-10-17(23-3)11-5-14/h4-11,13H,12H2,1-3H3,(H,20,22). The second-order valence-electron chi connectivity index (χ2n) is 5.44. The SMILES string of the molecule is COc1ccc(CN(C)C(C)C(=O)Nc2ccc(Br)cc2)cc1. The molecule has 0 aromatic heterocycles. The average Bonchev–Trinajstić information content (AvgIpc) is 2.56. The number of hydrogen-bond acceptors (Lipinski definition) is 3. The Balaban J connectivity index is 1.93. The fraction of sp³-hybridized carbons (Fsp3) is 0.278. The number of amides is 1. The maximum absolute atomic E-state index is 12.3. The molecule has 2 rings (SSSR count). The molecule has 0 spiro atoms. The molecule has 1 atom stereocenters. The van der Waals surface area contributed by atoms with Gasteiger partial charge in [0.1, 0.15) is 5.75 Å². The van der Waals surface area contributed by atoms with Crippen molar-refractivity contribution < 1.29 is 9.53 Å². The van der Waals surface area contributed by atoms with Crippen LogP contribution in [0.25, 0.3) is 0 Å². The summed E-state index contributed by atoms with van der Waals surface area (Å²) in [5.41, 5.74) is 1.93. The van der Waals surface area contributed by atoms with Gasteiger partial charge in [-0.3, -0.25) is 9.69 Å². The summed E-state index contributed by atoms with van der Waals surface area (Å²) in [4.78, 5) is 14.4. The van der Waals surface area contributed by atoms with Gasteiger partial charge in [0.2, 0.25) is 5.91 Å². The number of halogens is 1. The number of nitrogens with one attached hydrogen (secondary N) is 1. The van der Waals surface area contributed by atoms with Crippen LogP contribution in [0.4, 0.5) is 5.69 Å². The minimum atomic E-state index is -0.235. The minimum absolute atomic E-state index is 0.0247. The molecule has 2 aromatic rings. The third-order valence-electron chi connectivity index (χ3n) is 3.74. The van der Waals surface area contributed by atoms with Crippen molar-refractivity contribution in [2.45, 2.75) is 19.5 Å². The highest BCUT2D eigenvalue weighted by Gasteiger charge is 2.18. The molecule has 1 amide bonds. The number of benzene rings is 2. The monoisotopic (exact) mass is 376 g/mol. The second-order valence-corrected chi connectivity index (χ2v) is 6.35. The van der Waals surface area contributed by atoms with Gasteiger partial charge in [-0.1, -0.05) is 28.1 Å². The van der Waals surface area contributed by atoms with E-state index < -0.39 is 0 Å². The van der Waals surface area contributed by atoms with E-state index in [1.807, 2.05) is 67.4 Å². The molecule has 0 aliphatic heterocycles. The van der Waals surface area contributed by atoms with Crippen LogP contribution in [-0.4, -0.2) is 31.0 Å². The molecule has 122 valence electrons. The van der Waals surface area contributed by atoms with E-state index in [9.17, 15) is 4.79 Å². The average molecular weight is 377 g/mol. The van der Waals surface area contributed by atoms with E-state index in [0.717, 1.165) is 21.5 Å². The smallest absolute Gasteiger partial charge is 0.241 e. The van der Waals surface area contributed by atoms with Crippen molar-refractivity contribution in [2.75, 3.05) is 19.5 Å². The Morgan fingerprint density at radius 2 is 1.78 bits per heavy atom. The molecular weight excluding hydrogens is 356 g/mol. The van der Waals surface area contributed by atoms with Crippen molar-refractivity contribution in [3.05, 3.63) is 58.6 Å². The molecule has 4 nitrogen and oxygen atoms in total. The van der Waals surface area contributed by atoms with Crippen LogP contribution in [0.3, 0.4) is 0 Å². The number of nitrogens with zero attached hydrogens (tertiary/aromatic N) is 1. The van der Waals surface area contributed by atoms with Crippen molar-refractivity contribution in [3.63, 3.8) is 0 Å². The number of rotatable bonds is 6. The summed E-state index contributed by atoms with van der Waals surface area (Å²) in [6.45, 7) is 2.59. The molecule has 0 bridgehead atoms. The number of carbonyl (C=O) groups is 1. The lowest BCUT2D eigenvalue weighted by molar-refractivity contribution is -0.120. The second kappa shape index (κ2) is 8.13. The summed E-state index contributed by atoms with van der Waals surface area (Å²) >= 11 is 3.38. The molecule has 1 N–H and O–H groups in total. The normalized spacial score (nSPS) is 12.0. The molecule has 0 saturated heterocycles. The molecule has 0 radical (unpaired) electrons. The molecule has 0 aliphatic carbocycles. The minimum Gasteiger partial charge on any atom is -0.497 e. The van der Waals surface area contributed by atoms with Crippen LogP contribution in [-0.2, 0) is 11.3 Å². The highest BCUT2D eigenvalue weighted by molar-refractivity contribution is 9.10. The van der Waals surface area contributed by atoms with Gasteiger partial charge in [-0.25, -0.2) is 0 Å². The van der Waals surface area contributed by atoms with Crippen LogP contribution in [0.1, 0.15) is 12.5 Å². The number of hydrogen-bond donors (Lipinski definition) is 1. The van der Waals surface area contributed by atoms with Gasteiger partial charge in [-0.15, -0.1) is 0 Å². The maximum Gasteiger partial charge on any atom is 0.241 e. The fourth-order valence-corrected chi connectivity index (χ4v) is 2.40. The first-order valence-corrected chi connectivity index (χ1v) is 8.18. The molecule has 5 heteroatoms. The summed E-state index contributed by atoms with van der Waals surface area (Å²) in [5, 5.41) is 2.93. The molecule has 2 aromatic carbocycles. The van der Waals surface area contributed by atoms with E-state index in [4.69, 9.17) is 4.74 Å². The topological polar surface area (TPSA) is 41.6 Å². The van der Waals surface area contributed by atoms with Crippen molar-refractivity contribution in [1.82, 2.24) is 4.90 Å². The molecule has 0 heterocycles. The van der Waals surface area contributed by atoms with Crippen molar-refractivity contribution in [1.29, 1.82) is 0 Å². The van der Waals surface area contributed by atoms with Gasteiger partial charge in [0, 0.05) is 16.7 Å². The number of likely N-dealkylation sites (N-methyl/N-ethyl adjacent to an activating group) is 1. The number of methoxy groups -OCH3 is 1. The van der Waals surface area contributed by atoms with Gasteiger partial charge < -0.3 is 10.1 Å². The Morgan fingerprint density at radius 1 is 1.17 bits per heavy atom. The van der Waals surface area contributed by atoms with Gasteiger partial charge >= 0.3 is 0 Å². The number of ether oxygens (including phenoxy) is 1. The van der Waals surface area contributed by atoms with Gasteiger partial charge in [0.25, 0.3) is 0 Å². The Kier molecular flexibility index (Phi) is 6.19. The van der Waals surface area contributed by atoms with Gasteiger partial charge in [0.15, 0.2) is 0 Å². The van der Waals surface area contributed by atoms with Crippen molar-refractivity contribution in [3.8, 4) is 5.75 Å². The van der Waals surface area contributed by atoms with Crippen LogP contribution in [0.5, 0.6) is 5.75 Å². The van der Waals surface area contributed by atoms with E-state index in [2.05, 4.69) is 21.2 Å². The lowest BCUT2D eigenvalue weighted by atomic mass is 10.1. The zero-order valence-corrected chi connectivity index (χ0v) is 15.1. The molecular formula is C18H21BrN2O2. The molecule has 0 fully saturated rings. The lowest BCUT2D eigenvalue weighted by Gasteiger charge is -2.24. The molecule has 0 aliphatic rings. The van der Waals surface area contributed by atoms with E-state index >= 15 is 0 Å². The maximum atomic E-state index is 12.3. The summed E-state index contributed by atoms with van der Waals surface area (Å²) in [5.74, 6) is 0.806. The van der Waals surface area contributed by atoms with E-state index in [-0.39, 0.29) is 11.9 Å². The zero-order valence-electron chi connectivity index (χ0n) is 13.5. The van der Waals surface area contributed by atoms with Crippen LogP contribution in [0.15, 0.2) is 53.0 Å². The largest absolute Gasteiger partial charge is 0.497 e. The highest BCUT2D eigenvalue weighted by atomic mass is 79.9. The molecule has 1 unspecified atom stereocenters. The van der Waals surface area contributed by atoms with E-state index in [1.54, 1.807) is 7.11 Å². The predicted molar refractivity (Wildman–Crippen MR) is 96.7 cm³/mol. The number of anilines is 1. The summed E-state index contributed by atoms with van der Waals surface area (Å²) in [6.07, 6.45) is 0. The van der Waals surface area contributed by atoms with Gasteiger partial charge in [-0.05, 0) is 55.9 Å². The van der Waals surface area contributed by atoms with Gasteiger partial charge in [-0.2, -0.15) is 0 Å². The van der Waals surface area contributed by atoms with Crippen LogP contribution in [0, 0.1) is 0 Å².